The molecule has 0 radical (unpaired) electrons. The van der Waals surface area contributed by atoms with Crippen LogP contribution in [0.5, 0.6) is 0 Å². The molecule has 11 heteroatoms. The normalized spacial score (nSPS) is 12.7. The molecule has 0 bridgehead atoms. The molecule has 1 aromatic carbocycles. The maximum absolute atomic E-state index is 13.5. The molecule has 0 aliphatic carbocycles. The van der Waals surface area contributed by atoms with Crippen LogP contribution >= 0.6 is 0 Å². The Kier molecular flexibility index (Phi) is 5.50. The topological polar surface area (TPSA) is 132 Å². The highest BCUT2D eigenvalue weighted by molar-refractivity contribution is 5.66. The SMILES string of the molecule is Cc1cc(Nc2nc(C(c3ccc(F)cc3)N(C)C(=O)O)nc3ccc(C(C)(C)O)n23)n[nH]1. The number of nitrogens with zero attached hydrogens (tertiary/aromatic N) is 5. The summed E-state index contributed by atoms with van der Waals surface area (Å²) in [5, 5.41) is 30.5. The highest BCUT2D eigenvalue weighted by Crippen LogP contribution is 2.31. The minimum absolute atomic E-state index is 0.175. The average molecular weight is 453 g/mol. The van der Waals surface area contributed by atoms with Crippen LogP contribution in [0.4, 0.5) is 21.0 Å². The fourth-order valence-electron chi connectivity index (χ4n) is 3.62. The van der Waals surface area contributed by atoms with Crippen molar-refractivity contribution in [2.75, 3.05) is 12.4 Å². The summed E-state index contributed by atoms with van der Waals surface area (Å²) in [7, 11) is 1.40. The van der Waals surface area contributed by atoms with Crippen LogP contribution in [0.25, 0.3) is 5.65 Å². The summed E-state index contributed by atoms with van der Waals surface area (Å²) in [4.78, 5) is 22.1. The minimum atomic E-state index is -1.20. The van der Waals surface area contributed by atoms with Crippen LogP contribution in [0.1, 0.15) is 42.7 Å². The van der Waals surface area contributed by atoms with Crippen LogP contribution in [0.2, 0.25) is 0 Å². The van der Waals surface area contributed by atoms with E-state index in [9.17, 15) is 19.4 Å². The molecule has 0 saturated carbocycles. The van der Waals surface area contributed by atoms with Crippen molar-refractivity contribution in [2.45, 2.75) is 32.4 Å². The van der Waals surface area contributed by atoms with E-state index in [4.69, 9.17) is 0 Å². The first-order valence-electron chi connectivity index (χ1n) is 10.2. The van der Waals surface area contributed by atoms with E-state index in [1.807, 2.05) is 6.92 Å². The molecule has 1 amide bonds. The van der Waals surface area contributed by atoms with Gasteiger partial charge in [0.1, 0.15) is 17.5 Å². The third kappa shape index (κ3) is 4.35. The largest absolute Gasteiger partial charge is 0.465 e. The molecule has 0 fully saturated rings. The zero-order valence-electron chi connectivity index (χ0n) is 18.5. The van der Waals surface area contributed by atoms with E-state index in [0.717, 1.165) is 10.6 Å². The molecule has 0 aliphatic rings. The smallest absolute Gasteiger partial charge is 0.407 e. The van der Waals surface area contributed by atoms with Crippen LogP contribution in [-0.2, 0) is 5.60 Å². The van der Waals surface area contributed by atoms with E-state index in [-0.39, 0.29) is 11.8 Å². The van der Waals surface area contributed by atoms with Gasteiger partial charge in [-0.3, -0.25) is 14.4 Å². The Morgan fingerprint density at radius 3 is 2.48 bits per heavy atom. The predicted molar refractivity (Wildman–Crippen MR) is 119 cm³/mol. The third-order valence-electron chi connectivity index (χ3n) is 5.21. The van der Waals surface area contributed by atoms with E-state index in [0.29, 0.717) is 22.7 Å². The molecule has 10 nitrogen and oxygen atoms in total. The molecule has 172 valence electrons. The molecule has 4 aromatic rings. The Hall–Kier alpha value is -3.99. The first-order chi connectivity index (χ1) is 15.5. The molecular weight excluding hydrogens is 429 g/mol. The Balaban J connectivity index is 1.94. The van der Waals surface area contributed by atoms with Gasteiger partial charge in [-0.25, -0.2) is 14.2 Å². The summed E-state index contributed by atoms with van der Waals surface area (Å²) in [5.74, 6) is 0.506. The molecule has 3 aromatic heterocycles. The number of carboxylic acid groups (broad SMARTS) is 1. The maximum Gasteiger partial charge on any atom is 0.407 e. The lowest BCUT2D eigenvalue weighted by Gasteiger charge is -2.26. The first kappa shape index (κ1) is 22.2. The second-order valence-corrected chi connectivity index (χ2v) is 8.29. The van der Waals surface area contributed by atoms with Gasteiger partial charge in [0.2, 0.25) is 5.95 Å². The Labute approximate surface area is 188 Å². The molecule has 1 unspecified atom stereocenters. The zero-order valence-corrected chi connectivity index (χ0v) is 18.5. The number of aliphatic hydroxyl groups is 1. The fourth-order valence-corrected chi connectivity index (χ4v) is 3.62. The van der Waals surface area contributed by atoms with Crippen molar-refractivity contribution in [1.82, 2.24) is 29.5 Å². The van der Waals surface area contributed by atoms with Gasteiger partial charge in [0.15, 0.2) is 11.6 Å². The van der Waals surface area contributed by atoms with Gasteiger partial charge in [0.25, 0.3) is 0 Å². The van der Waals surface area contributed by atoms with Crippen molar-refractivity contribution < 1.29 is 19.4 Å². The van der Waals surface area contributed by atoms with Crippen molar-refractivity contribution in [1.29, 1.82) is 0 Å². The van der Waals surface area contributed by atoms with Crippen LogP contribution in [0.3, 0.4) is 0 Å². The minimum Gasteiger partial charge on any atom is -0.465 e. The van der Waals surface area contributed by atoms with Gasteiger partial charge in [0.05, 0.1) is 11.3 Å². The molecule has 0 spiro atoms. The second-order valence-electron chi connectivity index (χ2n) is 8.29. The van der Waals surface area contributed by atoms with Gasteiger partial charge in [-0.05, 0) is 50.6 Å². The number of fused-ring (bicyclic) bond motifs is 1. The van der Waals surface area contributed by atoms with Crippen molar-refractivity contribution in [3.63, 3.8) is 0 Å². The van der Waals surface area contributed by atoms with Crippen LogP contribution < -0.4 is 5.32 Å². The predicted octanol–water partition coefficient (Wildman–Crippen LogP) is 3.57. The fraction of sp³-hybridized carbons (Fsp3) is 0.273. The van der Waals surface area contributed by atoms with E-state index in [1.165, 1.54) is 31.3 Å². The van der Waals surface area contributed by atoms with Gasteiger partial charge < -0.3 is 15.5 Å². The van der Waals surface area contributed by atoms with Gasteiger partial charge in [0, 0.05) is 18.8 Å². The Morgan fingerprint density at radius 2 is 1.91 bits per heavy atom. The van der Waals surface area contributed by atoms with E-state index in [1.54, 1.807) is 36.4 Å². The number of aryl methyl sites for hydroxylation is 1. The lowest BCUT2D eigenvalue weighted by Crippen LogP contribution is -2.32. The molecule has 4 rings (SSSR count). The zero-order chi connectivity index (χ0) is 23.9. The number of halogens is 1. The lowest BCUT2D eigenvalue weighted by atomic mass is 10.1. The highest BCUT2D eigenvalue weighted by Gasteiger charge is 2.29. The van der Waals surface area contributed by atoms with Crippen LogP contribution in [0, 0.1) is 12.7 Å². The first-order valence-corrected chi connectivity index (χ1v) is 10.2. The quantitative estimate of drug-likeness (QED) is 0.351. The molecule has 0 saturated heterocycles. The molecule has 33 heavy (non-hydrogen) atoms. The number of hydrogen-bond acceptors (Lipinski definition) is 6. The molecule has 0 aliphatic heterocycles. The van der Waals surface area contributed by atoms with E-state index >= 15 is 0 Å². The second kappa shape index (κ2) is 8.17. The van der Waals surface area contributed by atoms with Crippen molar-refractivity contribution in [2.24, 2.45) is 0 Å². The van der Waals surface area contributed by atoms with E-state index in [2.05, 4.69) is 25.5 Å². The summed E-state index contributed by atoms with van der Waals surface area (Å²) in [5.41, 5.74) is 1.10. The van der Waals surface area contributed by atoms with Crippen LogP contribution in [0.15, 0.2) is 42.5 Å². The summed E-state index contributed by atoms with van der Waals surface area (Å²) in [6.45, 7) is 5.14. The molecular formula is C22H24FN7O3. The Bertz CT molecular complexity index is 1310. The number of benzene rings is 1. The van der Waals surface area contributed by atoms with Crippen molar-refractivity contribution in [3.05, 3.63) is 71.1 Å². The van der Waals surface area contributed by atoms with Crippen molar-refractivity contribution in [3.8, 4) is 0 Å². The van der Waals surface area contributed by atoms with E-state index < -0.39 is 23.6 Å². The number of rotatable bonds is 6. The van der Waals surface area contributed by atoms with Gasteiger partial charge in [-0.2, -0.15) is 10.1 Å². The van der Waals surface area contributed by atoms with Crippen LogP contribution in [-0.4, -0.2) is 52.8 Å². The number of H-pyrrole nitrogens is 1. The maximum atomic E-state index is 13.5. The summed E-state index contributed by atoms with van der Waals surface area (Å²) in [6, 6.07) is 9.81. The number of anilines is 2. The number of nitrogens with one attached hydrogen (secondary N) is 2. The summed E-state index contributed by atoms with van der Waals surface area (Å²) >= 11 is 0. The number of amides is 1. The number of aromatic nitrogens is 5. The van der Waals surface area contributed by atoms with Gasteiger partial charge in [-0.15, -0.1) is 0 Å². The summed E-state index contributed by atoms with van der Waals surface area (Å²) in [6.07, 6.45) is -1.20. The standard InChI is InChI=1S/C22H24FN7O3/c1-12-11-16(28-27-12)24-20-26-19(25-17-10-9-15(30(17)20)22(2,3)33)18(29(4)21(31)32)13-5-7-14(23)8-6-13/h5-11,18,33H,1-4H3,(H,31,32)(H2,24,25,26,27,28). The lowest BCUT2D eigenvalue weighted by molar-refractivity contribution is 0.0731. The summed E-state index contributed by atoms with van der Waals surface area (Å²) < 4.78 is 15.2. The van der Waals surface area contributed by atoms with Gasteiger partial charge >= 0.3 is 6.09 Å². The van der Waals surface area contributed by atoms with Gasteiger partial charge in [-0.1, -0.05) is 12.1 Å². The molecule has 1 atom stereocenters. The monoisotopic (exact) mass is 453 g/mol. The average Bonchev–Trinajstić information content (AvgIpc) is 3.35. The number of carbonyl (C=O) groups is 1. The number of aromatic amines is 1. The molecule has 4 N–H and O–H groups in total. The Morgan fingerprint density at radius 1 is 1.21 bits per heavy atom. The van der Waals surface area contributed by atoms with Crippen molar-refractivity contribution >= 4 is 23.5 Å². The highest BCUT2D eigenvalue weighted by atomic mass is 19.1. The third-order valence-corrected chi connectivity index (χ3v) is 5.21. The molecule has 3 heterocycles. The number of hydrogen-bond donors (Lipinski definition) is 4.